The van der Waals surface area contributed by atoms with E-state index in [1.165, 1.54) is 162 Å². The van der Waals surface area contributed by atoms with Crippen molar-refractivity contribution in [2.24, 2.45) is 0 Å². The Hall–Kier alpha value is -4.77. The minimum atomic E-state index is -4.25. The van der Waals surface area contributed by atoms with Gasteiger partial charge in [-0.15, -0.1) is 5.92 Å². The lowest BCUT2D eigenvalue weighted by Crippen LogP contribution is -2.42. The maximum absolute atomic E-state index is 13.6. The van der Waals surface area contributed by atoms with Crippen LogP contribution in [0.2, 0.25) is 18.1 Å². The van der Waals surface area contributed by atoms with Gasteiger partial charge in [0.1, 0.15) is 39.4 Å². The van der Waals surface area contributed by atoms with E-state index in [1.807, 2.05) is 6.92 Å². The number of unbranched alkanes of at least 4 members (excludes halogenated alkanes) is 31. The highest BCUT2D eigenvalue weighted by molar-refractivity contribution is 7.86. The van der Waals surface area contributed by atoms with Crippen molar-refractivity contribution >= 4 is 30.0 Å². The van der Waals surface area contributed by atoms with Crippen molar-refractivity contribution in [3.05, 3.63) is 63.6 Å². The zero-order chi connectivity index (χ0) is 96.8. The summed E-state index contributed by atoms with van der Waals surface area (Å²) in [5, 5.41) is 0.0548. The highest BCUT2D eigenvalue weighted by Crippen LogP contribution is 2.54. The molecule has 133 heavy (non-hydrogen) atoms. The summed E-state index contributed by atoms with van der Waals surface area (Å²) in [6, 6.07) is 6.33. The Bertz CT molecular complexity index is 3760. The summed E-state index contributed by atoms with van der Waals surface area (Å²) in [4.78, 5) is 26.8. The van der Waals surface area contributed by atoms with E-state index in [9.17, 15) is 18.0 Å². The number of hydrogen-bond acceptors (Lipinski definition) is 24. The molecule has 0 radical (unpaired) electrons. The van der Waals surface area contributed by atoms with Gasteiger partial charge in [0.15, 0.2) is 19.8 Å². The molecule has 4 unspecified atom stereocenters. The van der Waals surface area contributed by atoms with Gasteiger partial charge >= 0.3 is 0 Å². The van der Waals surface area contributed by atoms with Crippen molar-refractivity contribution in [2.75, 3.05) is 98.3 Å². The summed E-state index contributed by atoms with van der Waals surface area (Å²) in [5.41, 5.74) is 2.94. The molecule has 4 saturated heterocycles. The number of Topliss-reactive ketones (excluding diaryl/α,β-unsaturated/α-hetero) is 2. The average Bonchev–Trinajstić information content (AvgIpc) is 1.39. The number of methoxy groups -OCH3 is 10. The van der Waals surface area contributed by atoms with Gasteiger partial charge in [-0.05, 0) is 141 Å². The Morgan fingerprint density at radius 1 is 0.398 bits per heavy atom. The molecule has 0 N–H and O–H groups in total. The molecule has 14 atom stereocenters. The number of ketones is 2. The third kappa shape index (κ3) is 39.7. The van der Waals surface area contributed by atoms with Gasteiger partial charge in [0.05, 0.1) is 121 Å². The van der Waals surface area contributed by atoms with Crippen LogP contribution in [0.4, 0.5) is 0 Å². The number of allylic oxidation sites excluding steroid dienone is 2. The molecule has 0 bridgehead atoms. The number of aryl methyl sites for hydroxylation is 1. The molecule has 0 aromatic heterocycles. The van der Waals surface area contributed by atoms with E-state index in [1.54, 1.807) is 69.0 Å². The lowest BCUT2D eigenvalue weighted by molar-refractivity contribution is -0.158. The van der Waals surface area contributed by atoms with E-state index >= 15 is 0 Å². The summed E-state index contributed by atoms with van der Waals surface area (Å²) in [6.45, 7) is 22.5. The minimum Gasteiger partial charge on any atom is -0.492 e. The third-order valence-corrected chi connectivity index (χ3v) is 33.7. The van der Waals surface area contributed by atoms with Crippen molar-refractivity contribution in [1.29, 1.82) is 0 Å². The molecule has 2 aromatic carbocycles. The van der Waals surface area contributed by atoms with E-state index in [2.05, 4.69) is 66.5 Å². The summed E-state index contributed by atoms with van der Waals surface area (Å²) in [5.74, 6) is 7.64. The fraction of sp³-hybridized carbons (Fsp3) is 0.813. The van der Waals surface area contributed by atoms with Crippen LogP contribution in [-0.2, 0) is 94.6 Å². The summed E-state index contributed by atoms with van der Waals surface area (Å²) in [6.07, 6.45) is 51.9. The molecule has 1 aliphatic carbocycles. The Morgan fingerprint density at radius 2 is 0.737 bits per heavy atom. The predicted octanol–water partition coefficient (Wildman–Crippen LogP) is 24.9. The SMILES string of the molecule is CCCCCCCCCC[C@H](OCOC)[C@@H]1CC[C@@H]([C@@H]2CC[C@@H](C(C#CCCCCCCCCCCC(O[Si](C)(C)C(C)(C)C)c3c(C)c(OC)c(OC)c(OC)c3OC)OCOC)O2)O1.CCCCCCCCCC[C@H](OCOC)[C@@H]1CC[C@@H]([C@@H]2CC[C@@H](C(CCCCCCCCCCCCC(OS(=O)(=O)c3ccc(C)cc3)C3=C(C)C(=O)C(OC)=C(OC)C3=O)OCOC)O2)O1. The maximum Gasteiger partial charge on any atom is 0.297 e. The van der Waals surface area contributed by atoms with Crippen LogP contribution in [-0.4, -0.2) is 206 Å². The van der Waals surface area contributed by atoms with E-state index in [4.69, 9.17) is 93.9 Å². The first kappa shape index (κ1) is 117. The van der Waals surface area contributed by atoms with Crippen molar-refractivity contribution < 1.29 is 112 Å². The molecular formula is C107H182O24SSi. The van der Waals surface area contributed by atoms with Gasteiger partial charge in [0.2, 0.25) is 34.6 Å². The molecule has 2 aromatic rings. The van der Waals surface area contributed by atoms with E-state index in [0.29, 0.717) is 43.0 Å². The molecule has 0 amide bonds. The quantitative estimate of drug-likeness (QED) is 0.0149. The molecule has 24 nitrogen and oxygen atoms in total. The summed E-state index contributed by atoms with van der Waals surface area (Å²) < 4.78 is 146. The van der Waals surface area contributed by atoms with Crippen molar-refractivity contribution in [3.8, 4) is 34.8 Å². The van der Waals surface area contributed by atoms with Crippen LogP contribution in [0.25, 0.3) is 0 Å². The maximum atomic E-state index is 13.6. The van der Waals surface area contributed by atoms with Crippen LogP contribution in [0, 0.1) is 25.7 Å². The van der Waals surface area contributed by atoms with Crippen LogP contribution >= 0.6 is 0 Å². The second kappa shape index (κ2) is 66.0. The fourth-order valence-electron chi connectivity index (χ4n) is 19.2. The predicted molar refractivity (Wildman–Crippen MR) is 528 cm³/mol. The van der Waals surface area contributed by atoms with Crippen molar-refractivity contribution in [1.82, 2.24) is 0 Å². The van der Waals surface area contributed by atoms with Crippen LogP contribution in [0.15, 0.2) is 51.8 Å². The first-order valence-corrected chi connectivity index (χ1v) is 55.8. The minimum absolute atomic E-state index is 0.00660. The number of ether oxygens (including phenoxy) is 18. The van der Waals surface area contributed by atoms with Gasteiger partial charge in [-0.2, -0.15) is 8.42 Å². The van der Waals surface area contributed by atoms with Crippen LogP contribution in [0.5, 0.6) is 23.0 Å². The zero-order valence-corrected chi connectivity index (χ0v) is 88.2. The highest BCUT2D eigenvalue weighted by atomic mass is 32.2. The molecule has 5 aliphatic rings. The standard InChI is InChI=1S/C54H96O11Si.C53H86O13S/c1-14-15-16-17-18-23-26-29-32-42(61-39-55-6)44-35-37-46(63-44)47-38-36-45(64-47)43(62-40-56-7)33-30-27-24-21-19-20-22-25-28-31-34-48(65-66(12,13)54(3,4)5)49-41(2)50(57-8)52(59-10)53(60-11)51(49)58-9;1-8-9-10-11-12-17-20-23-26-42(62-37-58-4)44-33-35-46(64-44)47-36-34-45(65-47)43(63-38-59-5)27-24-21-18-15-13-14-16-19-22-25-28-48(66-67(56,57)41-31-29-39(2)30-32-41)49-40(3)50(54)52(60-6)53(61-7)51(49)55/h42-48H,14-29,31-32,34-40H2,1-13H3;29-32,42-48H,8-28,33-38H2,1-7H3/t2*42-,43?,44-,45-,46-,47-,48?/m00/s1. The van der Waals surface area contributed by atoms with E-state index in [0.717, 1.165) is 184 Å². The average molecular weight is 1910 g/mol. The molecule has 4 aliphatic heterocycles. The summed E-state index contributed by atoms with van der Waals surface area (Å²) in [7, 11) is 9.51. The largest absolute Gasteiger partial charge is 0.492 e. The van der Waals surface area contributed by atoms with E-state index < -0.39 is 36.1 Å². The molecule has 4 heterocycles. The Morgan fingerprint density at radius 3 is 1.11 bits per heavy atom. The summed E-state index contributed by atoms with van der Waals surface area (Å²) >= 11 is 0. The molecule has 0 saturated carbocycles. The second-order valence-electron chi connectivity index (χ2n) is 39.0. The van der Waals surface area contributed by atoms with Gasteiger partial charge in [-0.25, -0.2) is 0 Å². The number of benzene rings is 2. The van der Waals surface area contributed by atoms with Crippen molar-refractivity contribution in [3.63, 3.8) is 0 Å². The molecule has 0 spiro atoms. The number of carbonyl (C=O) groups excluding carboxylic acids is 2. The van der Waals surface area contributed by atoms with Crippen molar-refractivity contribution in [2.45, 2.75) is 472 Å². The number of rotatable bonds is 72. The van der Waals surface area contributed by atoms with Gasteiger partial charge < -0.3 is 89.7 Å². The fourth-order valence-corrected chi connectivity index (χ4v) is 21.6. The Balaban J connectivity index is 0.000000409. The number of carbonyl (C=O) groups is 2. The first-order chi connectivity index (χ1) is 64.3. The molecule has 7 rings (SSSR count). The molecule has 764 valence electrons. The molecule has 26 heteroatoms. The van der Waals surface area contributed by atoms with Gasteiger partial charge in [-0.1, -0.05) is 270 Å². The second-order valence-corrected chi connectivity index (χ2v) is 45.3. The zero-order valence-electron chi connectivity index (χ0n) is 86.4. The molecular weight excluding hydrogens is 1730 g/mol. The van der Waals surface area contributed by atoms with Gasteiger partial charge in [-0.3, -0.25) is 13.8 Å². The highest BCUT2D eigenvalue weighted by Gasteiger charge is 2.47. The van der Waals surface area contributed by atoms with Crippen LogP contribution in [0.1, 0.15) is 373 Å². The molecule has 4 fully saturated rings. The topological polar surface area (TPSA) is 253 Å². The van der Waals surface area contributed by atoms with Crippen LogP contribution < -0.4 is 18.9 Å². The Kier molecular flexibility index (Phi) is 58.0. The van der Waals surface area contributed by atoms with Gasteiger partial charge in [0, 0.05) is 57.1 Å². The lowest BCUT2D eigenvalue weighted by atomic mass is 9.87. The van der Waals surface area contributed by atoms with Gasteiger partial charge in [0.25, 0.3) is 10.1 Å². The smallest absolute Gasteiger partial charge is 0.297 e. The van der Waals surface area contributed by atoms with E-state index in [-0.39, 0.29) is 132 Å². The third-order valence-electron chi connectivity index (χ3n) is 27.8. The normalized spacial score (nSPS) is 20.9. The monoisotopic (exact) mass is 1910 g/mol. The van der Waals surface area contributed by atoms with Crippen LogP contribution in [0.3, 0.4) is 0 Å². The number of hydrogen-bond donors (Lipinski definition) is 0. The lowest BCUT2D eigenvalue weighted by Gasteiger charge is -2.40. The first-order valence-electron chi connectivity index (χ1n) is 51.5. The Labute approximate surface area is 806 Å².